The molecule has 2 aliphatic rings. The fourth-order valence-corrected chi connectivity index (χ4v) is 2.57. The molecule has 0 amide bonds. The van der Waals surface area contributed by atoms with Gasteiger partial charge < -0.3 is 55.1 Å². The summed E-state index contributed by atoms with van der Waals surface area (Å²) < 4.78 is 15.3. The topological polar surface area (TPSA) is 190 Å². The minimum atomic E-state index is -1.74. The second-order valence-electron chi connectivity index (χ2n) is 5.53. The molecular formula is C12H23O11+. The van der Waals surface area contributed by atoms with Gasteiger partial charge in [0.05, 0.1) is 13.2 Å². The normalized spacial score (nSPS) is 51.7. The van der Waals surface area contributed by atoms with Crippen molar-refractivity contribution >= 4 is 0 Å². The maximum atomic E-state index is 9.94. The molecule has 11 nitrogen and oxygen atoms in total. The van der Waals surface area contributed by atoms with Crippen LogP contribution in [0.1, 0.15) is 1.43 Å². The third kappa shape index (κ3) is 3.65. The van der Waals surface area contributed by atoms with Gasteiger partial charge in [0.2, 0.25) is 0 Å². The fourth-order valence-electron chi connectivity index (χ4n) is 2.57. The van der Waals surface area contributed by atoms with Gasteiger partial charge in [-0.25, -0.2) is 0 Å². The molecule has 0 saturated carbocycles. The van der Waals surface area contributed by atoms with Gasteiger partial charge in [-0.15, -0.1) is 0 Å². The predicted octanol–water partition coefficient (Wildman–Crippen LogP) is -5.28. The van der Waals surface area contributed by atoms with E-state index < -0.39 is 74.6 Å². The second kappa shape index (κ2) is 7.63. The van der Waals surface area contributed by atoms with Crippen LogP contribution in [0.3, 0.4) is 0 Å². The van der Waals surface area contributed by atoms with Gasteiger partial charge in [0.15, 0.2) is 12.6 Å². The molecule has 0 unspecified atom stereocenters. The Kier molecular flexibility index (Phi) is 6.27. The van der Waals surface area contributed by atoms with Gasteiger partial charge in [0.1, 0.15) is 48.8 Å². The molecule has 0 aromatic rings. The van der Waals surface area contributed by atoms with Crippen molar-refractivity contribution < 1.29 is 56.5 Å². The maximum Gasteiger partial charge on any atom is 1.00 e. The van der Waals surface area contributed by atoms with Crippen LogP contribution in [0.15, 0.2) is 0 Å². The molecule has 2 aliphatic heterocycles. The van der Waals surface area contributed by atoms with Crippen LogP contribution >= 0.6 is 0 Å². The van der Waals surface area contributed by atoms with Gasteiger partial charge in [-0.3, -0.25) is 0 Å². The molecule has 11 heteroatoms. The molecule has 2 heterocycles. The highest BCUT2D eigenvalue weighted by atomic mass is 16.7. The molecule has 10 atom stereocenters. The maximum absolute atomic E-state index is 9.94. The van der Waals surface area contributed by atoms with Crippen molar-refractivity contribution in [1.82, 2.24) is 0 Å². The summed E-state index contributed by atoms with van der Waals surface area (Å²) in [7, 11) is 0. The first-order valence-corrected chi connectivity index (χ1v) is 7.08. The predicted molar refractivity (Wildman–Crippen MR) is 69.7 cm³/mol. The minimum absolute atomic E-state index is 0. The number of hydrogen-bond acceptors (Lipinski definition) is 11. The first-order chi connectivity index (χ1) is 10.8. The van der Waals surface area contributed by atoms with Gasteiger partial charge in [0, 0.05) is 0 Å². The van der Waals surface area contributed by atoms with E-state index in [1.807, 2.05) is 0 Å². The molecule has 0 radical (unpaired) electrons. The number of aliphatic hydroxyl groups excluding tert-OH is 8. The molecule has 8 N–H and O–H groups in total. The number of hydrogen-bond donors (Lipinski definition) is 8. The number of ether oxygens (including phenoxy) is 3. The molecule has 2 fully saturated rings. The highest BCUT2D eigenvalue weighted by Gasteiger charge is 2.50. The lowest BCUT2D eigenvalue weighted by Crippen LogP contribution is -2.64. The Morgan fingerprint density at radius 1 is 0.696 bits per heavy atom. The zero-order valence-electron chi connectivity index (χ0n) is 13.0. The van der Waals surface area contributed by atoms with E-state index in [4.69, 9.17) is 19.3 Å². The number of aliphatic hydroxyl groups is 8. The summed E-state index contributed by atoms with van der Waals surface area (Å²) in [5.41, 5.74) is 0. The molecule has 0 aromatic heterocycles. The van der Waals surface area contributed by atoms with Gasteiger partial charge in [0.25, 0.3) is 0 Å². The van der Waals surface area contributed by atoms with E-state index >= 15 is 0 Å². The average molecular weight is 343 g/mol. The fraction of sp³-hybridized carbons (Fsp3) is 1.00. The molecule has 2 saturated heterocycles. The molecule has 136 valence electrons. The van der Waals surface area contributed by atoms with E-state index in [0.717, 1.165) is 0 Å². The van der Waals surface area contributed by atoms with Gasteiger partial charge >= 0.3 is 1.43 Å². The minimum Gasteiger partial charge on any atom is -0.394 e. The summed E-state index contributed by atoms with van der Waals surface area (Å²) in [6.07, 6.45) is -15.6. The summed E-state index contributed by atoms with van der Waals surface area (Å²) >= 11 is 0. The van der Waals surface area contributed by atoms with Crippen molar-refractivity contribution in [2.24, 2.45) is 0 Å². The first kappa shape index (κ1) is 18.9. The lowest BCUT2D eigenvalue weighted by Gasteiger charge is -2.45. The van der Waals surface area contributed by atoms with E-state index in [9.17, 15) is 35.7 Å². The Balaban J connectivity index is 0.00000288. The molecule has 0 aromatic carbocycles. The average Bonchev–Trinajstić information content (AvgIpc) is 2.55. The summed E-state index contributed by atoms with van der Waals surface area (Å²) in [6, 6.07) is 0. The molecule has 23 heavy (non-hydrogen) atoms. The van der Waals surface area contributed by atoms with E-state index in [1.54, 1.807) is 0 Å². The molecule has 0 spiro atoms. The van der Waals surface area contributed by atoms with E-state index in [-0.39, 0.29) is 1.43 Å². The van der Waals surface area contributed by atoms with Crippen LogP contribution in [-0.4, -0.2) is 115 Å². The summed E-state index contributed by atoms with van der Waals surface area (Å²) in [5, 5.41) is 76.5. The van der Waals surface area contributed by atoms with Gasteiger partial charge in [-0.05, 0) is 0 Å². The standard InChI is InChI=1S/C12H22O11/c13-1-3-5(15)6(16)9(19)12(22-3)23-10-4(2-14)21-11(20)8(18)7(10)17/h3-20H,1-2H2/p+1/t3-,4-,5+,6+,7-,8-,9-,10-,11-,12+/m1/s1. The zero-order valence-corrected chi connectivity index (χ0v) is 12.0. The lowest BCUT2D eigenvalue weighted by atomic mass is 9.97. The van der Waals surface area contributed by atoms with Crippen LogP contribution in [0, 0.1) is 0 Å². The van der Waals surface area contributed by atoms with Crippen molar-refractivity contribution in [2.75, 3.05) is 13.2 Å². The SMILES string of the molecule is OC[C@H]1O[C@@H](O[C@H]2[C@H](O)[C@@H](O)[C@H](O)O[C@@H]2CO)[C@H](O)[C@@H](O)[C@H]1O.[H+]. The van der Waals surface area contributed by atoms with Crippen molar-refractivity contribution in [2.45, 2.75) is 61.4 Å². The highest BCUT2D eigenvalue weighted by Crippen LogP contribution is 2.28. The quantitative estimate of drug-likeness (QED) is 0.243. The largest absolute Gasteiger partial charge is 1.00 e. The lowest BCUT2D eigenvalue weighted by molar-refractivity contribution is -0.355. The van der Waals surface area contributed by atoms with E-state index in [1.165, 1.54) is 0 Å². The smallest absolute Gasteiger partial charge is 0.394 e. The molecule has 0 aliphatic carbocycles. The third-order valence-electron chi connectivity index (χ3n) is 3.98. The Labute approximate surface area is 132 Å². The summed E-state index contributed by atoms with van der Waals surface area (Å²) in [4.78, 5) is 0. The van der Waals surface area contributed by atoms with E-state index in [2.05, 4.69) is 0 Å². The van der Waals surface area contributed by atoms with Crippen molar-refractivity contribution in [1.29, 1.82) is 0 Å². The Morgan fingerprint density at radius 2 is 1.30 bits per heavy atom. The van der Waals surface area contributed by atoms with Crippen LogP contribution in [0.5, 0.6) is 0 Å². The summed E-state index contributed by atoms with van der Waals surface area (Å²) in [6.45, 7) is -1.35. The van der Waals surface area contributed by atoms with Crippen LogP contribution in [0.4, 0.5) is 0 Å². The Hall–Kier alpha value is -0.440. The van der Waals surface area contributed by atoms with Crippen molar-refractivity contribution in [3.05, 3.63) is 0 Å². The van der Waals surface area contributed by atoms with E-state index in [0.29, 0.717) is 0 Å². The van der Waals surface area contributed by atoms with Crippen LogP contribution in [0.2, 0.25) is 0 Å². The summed E-state index contributed by atoms with van der Waals surface area (Å²) in [5.74, 6) is 0. The molecule has 2 rings (SSSR count). The Morgan fingerprint density at radius 3 is 1.87 bits per heavy atom. The second-order valence-corrected chi connectivity index (χ2v) is 5.53. The van der Waals surface area contributed by atoms with Gasteiger partial charge in [-0.1, -0.05) is 0 Å². The van der Waals surface area contributed by atoms with Crippen LogP contribution in [-0.2, 0) is 14.2 Å². The first-order valence-electron chi connectivity index (χ1n) is 7.08. The third-order valence-corrected chi connectivity index (χ3v) is 3.98. The van der Waals surface area contributed by atoms with Crippen LogP contribution < -0.4 is 0 Å². The van der Waals surface area contributed by atoms with Gasteiger partial charge in [-0.2, -0.15) is 0 Å². The Bertz CT molecular complexity index is 384. The van der Waals surface area contributed by atoms with Crippen molar-refractivity contribution in [3.63, 3.8) is 0 Å². The monoisotopic (exact) mass is 343 g/mol. The molecule has 0 bridgehead atoms. The van der Waals surface area contributed by atoms with Crippen molar-refractivity contribution in [3.8, 4) is 0 Å². The molecular weight excluding hydrogens is 320 g/mol. The highest BCUT2D eigenvalue weighted by molar-refractivity contribution is 4.93. The van der Waals surface area contributed by atoms with Crippen LogP contribution in [0.25, 0.3) is 0 Å². The zero-order chi connectivity index (χ0) is 17.3. The number of rotatable bonds is 4.